The molecule has 0 spiro atoms. The topological polar surface area (TPSA) is 74.0 Å². The highest BCUT2D eigenvalue weighted by Gasteiger charge is 2.30. The van der Waals surface area contributed by atoms with Crippen LogP contribution in [-0.4, -0.2) is 55.5 Å². The molecule has 3 rings (SSSR count). The second kappa shape index (κ2) is 6.70. The fourth-order valence-electron chi connectivity index (χ4n) is 3.19. The minimum atomic E-state index is -3.46. The van der Waals surface area contributed by atoms with Crippen molar-refractivity contribution in [1.82, 2.24) is 9.21 Å². The first-order valence-electron chi connectivity index (χ1n) is 8.01. The van der Waals surface area contributed by atoms with Crippen molar-refractivity contribution in [2.75, 3.05) is 32.8 Å². The Morgan fingerprint density at radius 3 is 2.45 bits per heavy atom. The summed E-state index contributed by atoms with van der Waals surface area (Å²) in [5.41, 5.74) is 0. The van der Waals surface area contributed by atoms with Crippen LogP contribution in [0.2, 0.25) is 0 Å². The van der Waals surface area contributed by atoms with E-state index in [0.717, 1.165) is 38.8 Å². The lowest BCUT2D eigenvalue weighted by Crippen LogP contribution is -2.34. The van der Waals surface area contributed by atoms with Gasteiger partial charge in [-0.1, -0.05) is 0 Å². The number of hydrogen-bond acceptors (Lipinski definition) is 5. The lowest BCUT2D eigenvalue weighted by atomic mass is 9.98. The van der Waals surface area contributed by atoms with E-state index in [4.69, 9.17) is 9.52 Å². The molecule has 0 aliphatic carbocycles. The summed E-state index contributed by atoms with van der Waals surface area (Å²) in [4.78, 5) is 2.25. The van der Waals surface area contributed by atoms with E-state index in [0.29, 0.717) is 31.3 Å². The molecular formula is C15H24N2O4S. The third-order valence-corrected chi connectivity index (χ3v) is 6.41. The molecule has 0 atom stereocenters. The van der Waals surface area contributed by atoms with Crippen molar-refractivity contribution >= 4 is 10.0 Å². The fraction of sp³-hybridized carbons (Fsp3) is 0.733. The summed E-state index contributed by atoms with van der Waals surface area (Å²) in [5.74, 6) is 1.10. The Morgan fingerprint density at radius 2 is 1.82 bits per heavy atom. The summed E-state index contributed by atoms with van der Waals surface area (Å²) < 4.78 is 31.9. The molecule has 3 heterocycles. The van der Waals surface area contributed by atoms with Gasteiger partial charge in [0.2, 0.25) is 5.09 Å². The maximum Gasteiger partial charge on any atom is 0.276 e. The number of sulfonamides is 1. The van der Waals surface area contributed by atoms with E-state index in [1.807, 2.05) is 0 Å². The molecule has 2 aliphatic rings. The molecule has 2 fully saturated rings. The molecule has 2 aliphatic heterocycles. The third-order valence-electron chi connectivity index (χ3n) is 4.64. The second-order valence-corrected chi connectivity index (χ2v) is 8.10. The van der Waals surface area contributed by atoms with Gasteiger partial charge in [0, 0.05) is 19.7 Å². The van der Waals surface area contributed by atoms with Crippen molar-refractivity contribution in [3.63, 3.8) is 0 Å². The summed E-state index contributed by atoms with van der Waals surface area (Å²) in [6.07, 6.45) is 3.81. The van der Waals surface area contributed by atoms with Crippen LogP contribution in [0.25, 0.3) is 0 Å². The average Bonchev–Trinajstić information content (AvgIpc) is 3.20. The summed E-state index contributed by atoms with van der Waals surface area (Å²) in [5, 5.41) is 9.22. The highest BCUT2D eigenvalue weighted by atomic mass is 32.2. The van der Waals surface area contributed by atoms with Gasteiger partial charge >= 0.3 is 0 Å². The predicted octanol–water partition coefficient (Wildman–Crippen LogP) is 1.27. The lowest BCUT2D eigenvalue weighted by molar-refractivity contribution is 0.121. The largest absolute Gasteiger partial charge is 0.447 e. The van der Waals surface area contributed by atoms with Gasteiger partial charge < -0.3 is 9.52 Å². The summed E-state index contributed by atoms with van der Waals surface area (Å²) in [6, 6.07) is 3.34. The Labute approximate surface area is 131 Å². The Kier molecular flexibility index (Phi) is 4.87. The van der Waals surface area contributed by atoms with E-state index >= 15 is 0 Å². The highest BCUT2D eigenvalue weighted by Crippen LogP contribution is 2.24. The quantitative estimate of drug-likeness (QED) is 0.881. The molecule has 2 saturated heterocycles. The van der Waals surface area contributed by atoms with Crippen molar-refractivity contribution in [2.24, 2.45) is 5.92 Å². The van der Waals surface area contributed by atoms with Crippen LogP contribution in [0.3, 0.4) is 0 Å². The first-order chi connectivity index (χ1) is 10.6. The van der Waals surface area contributed by atoms with Crippen molar-refractivity contribution < 1.29 is 17.9 Å². The summed E-state index contributed by atoms with van der Waals surface area (Å²) >= 11 is 0. The summed E-state index contributed by atoms with van der Waals surface area (Å²) in [6.45, 7) is 3.90. The number of hydrogen-bond donors (Lipinski definition) is 1. The predicted molar refractivity (Wildman–Crippen MR) is 81.8 cm³/mol. The Bertz CT molecular complexity index is 584. The van der Waals surface area contributed by atoms with Gasteiger partial charge in [0.25, 0.3) is 10.0 Å². The number of aliphatic hydroxyl groups is 1. The molecule has 1 N–H and O–H groups in total. The molecule has 124 valence electrons. The molecule has 0 radical (unpaired) electrons. The first-order valence-corrected chi connectivity index (χ1v) is 9.45. The number of likely N-dealkylation sites (tertiary alicyclic amines) is 1. The van der Waals surface area contributed by atoms with Crippen LogP contribution in [0.5, 0.6) is 0 Å². The molecule has 0 amide bonds. The van der Waals surface area contributed by atoms with E-state index in [2.05, 4.69) is 4.90 Å². The Morgan fingerprint density at radius 1 is 1.14 bits per heavy atom. The second-order valence-electron chi connectivity index (χ2n) is 6.23. The summed E-state index contributed by atoms with van der Waals surface area (Å²) in [7, 11) is -3.46. The molecule has 7 heteroatoms. The van der Waals surface area contributed by atoms with E-state index in [1.54, 1.807) is 12.1 Å². The van der Waals surface area contributed by atoms with Crippen LogP contribution in [0.1, 0.15) is 31.4 Å². The minimum absolute atomic E-state index is 0.0645. The first kappa shape index (κ1) is 16.0. The van der Waals surface area contributed by atoms with Gasteiger partial charge in [0.15, 0.2) is 0 Å². The molecular weight excluding hydrogens is 304 g/mol. The fourth-order valence-corrected chi connectivity index (χ4v) is 4.63. The zero-order chi connectivity index (χ0) is 15.6. The smallest absolute Gasteiger partial charge is 0.276 e. The van der Waals surface area contributed by atoms with Crippen molar-refractivity contribution in [1.29, 1.82) is 0 Å². The molecule has 22 heavy (non-hydrogen) atoms. The SMILES string of the molecule is O=S(=O)(c1ccc(CN2CCC(CO)CC2)o1)N1CCCC1. The monoisotopic (exact) mass is 328 g/mol. The Balaban J connectivity index is 1.62. The van der Waals surface area contributed by atoms with Gasteiger partial charge in [-0.3, -0.25) is 4.90 Å². The van der Waals surface area contributed by atoms with Crippen LogP contribution >= 0.6 is 0 Å². The average molecular weight is 328 g/mol. The van der Waals surface area contributed by atoms with Crippen LogP contribution in [0.4, 0.5) is 0 Å². The van der Waals surface area contributed by atoms with E-state index in [9.17, 15) is 8.42 Å². The van der Waals surface area contributed by atoms with Crippen LogP contribution in [0.15, 0.2) is 21.6 Å². The van der Waals surface area contributed by atoms with Crippen LogP contribution in [0, 0.1) is 5.92 Å². The molecule has 0 saturated carbocycles. The standard InChI is InChI=1S/C15H24N2O4S/c18-12-13-5-9-16(10-6-13)11-14-3-4-15(21-14)22(19,20)17-7-1-2-8-17/h3-4,13,18H,1-2,5-12H2. The minimum Gasteiger partial charge on any atom is -0.447 e. The maximum absolute atomic E-state index is 12.4. The zero-order valence-electron chi connectivity index (χ0n) is 12.8. The number of piperidine rings is 1. The van der Waals surface area contributed by atoms with Gasteiger partial charge in [-0.05, 0) is 56.8 Å². The van der Waals surface area contributed by atoms with E-state index < -0.39 is 10.0 Å². The molecule has 0 unspecified atom stereocenters. The zero-order valence-corrected chi connectivity index (χ0v) is 13.6. The van der Waals surface area contributed by atoms with Gasteiger partial charge in [-0.2, -0.15) is 4.31 Å². The number of rotatable bonds is 5. The molecule has 1 aromatic heterocycles. The molecule has 0 bridgehead atoms. The van der Waals surface area contributed by atoms with Gasteiger partial charge in [-0.15, -0.1) is 0 Å². The van der Waals surface area contributed by atoms with Gasteiger partial charge in [0.05, 0.1) is 6.54 Å². The molecule has 1 aromatic rings. The Hall–Kier alpha value is -0.890. The highest BCUT2D eigenvalue weighted by molar-refractivity contribution is 7.89. The van der Waals surface area contributed by atoms with Crippen molar-refractivity contribution in [2.45, 2.75) is 37.3 Å². The normalized spacial score (nSPS) is 22.4. The van der Waals surface area contributed by atoms with Crippen LogP contribution < -0.4 is 0 Å². The molecule has 0 aromatic carbocycles. The number of nitrogens with zero attached hydrogens (tertiary/aromatic N) is 2. The maximum atomic E-state index is 12.4. The number of furan rings is 1. The van der Waals surface area contributed by atoms with E-state index in [1.165, 1.54) is 4.31 Å². The molecule has 6 nitrogen and oxygen atoms in total. The lowest BCUT2D eigenvalue weighted by Gasteiger charge is -2.30. The van der Waals surface area contributed by atoms with Gasteiger partial charge in [0.1, 0.15) is 5.76 Å². The van der Waals surface area contributed by atoms with Gasteiger partial charge in [-0.25, -0.2) is 8.42 Å². The number of aliphatic hydroxyl groups excluding tert-OH is 1. The van der Waals surface area contributed by atoms with Crippen LogP contribution in [-0.2, 0) is 16.6 Å². The van der Waals surface area contributed by atoms with E-state index in [-0.39, 0.29) is 11.7 Å². The van der Waals surface area contributed by atoms with Crippen molar-refractivity contribution in [3.8, 4) is 0 Å². The third kappa shape index (κ3) is 3.37. The van der Waals surface area contributed by atoms with Crippen molar-refractivity contribution in [3.05, 3.63) is 17.9 Å².